The van der Waals surface area contributed by atoms with Crippen molar-refractivity contribution in [3.05, 3.63) is 28.7 Å². The van der Waals surface area contributed by atoms with Crippen LogP contribution < -0.4 is 9.80 Å². The molecule has 22 heavy (non-hydrogen) atoms. The van der Waals surface area contributed by atoms with Crippen molar-refractivity contribution >= 4 is 28.3 Å². The Bertz CT molecular complexity index is 658. The number of rotatable bonds is 3. The summed E-state index contributed by atoms with van der Waals surface area (Å²) in [6, 6.07) is 0. The Hall–Kier alpha value is -2.22. The van der Waals surface area contributed by atoms with E-state index in [9.17, 15) is 4.79 Å². The van der Waals surface area contributed by atoms with Crippen LogP contribution in [0, 0.1) is 13.8 Å². The van der Waals surface area contributed by atoms with Gasteiger partial charge >= 0.3 is 5.97 Å². The van der Waals surface area contributed by atoms with Gasteiger partial charge in [-0.3, -0.25) is 0 Å². The van der Waals surface area contributed by atoms with Gasteiger partial charge in [0.1, 0.15) is 5.82 Å². The molecule has 0 unspecified atom stereocenters. The highest BCUT2D eigenvalue weighted by atomic mass is 32.1. The van der Waals surface area contributed by atoms with Gasteiger partial charge in [0.2, 0.25) is 0 Å². The van der Waals surface area contributed by atoms with Gasteiger partial charge in [-0.1, -0.05) is 0 Å². The molecule has 0 aromatic carbocycles. The van der Waals surface area contributed by atoms with Gasteiger partial charge in [-0.15, -0.1) is 11.3 Å². The van der Waals surface area contributed by atoms with Crippen LogP contribution in [-0.4, -0.2) is 52.2 Å². The number of aromatic nitrogens is 3. The molecule has 7 nitrogen and oxygen atoms in total. The molecule has 3 rings (SSSR count). The van der Waals surface area contributed by atoms with Crippen LogP contribution in [-0.2, 0) is 0 Å². The fourth-order valence-corrected chi connectivity index (χ4v) is 3.27. The zero-order valence-corrected chi connectivity index (χ0v) is 13.3. The maximum Gasteiger partial charge on any atom is 0.356 e. The van der Waals surface area contributed by atoms with Gasteiger partial charge in [0.25, 0.3) is 0 Å². The van der Waals surface area contributed by atoms with E-state index in [1.54, 1.807) is 11.3 Å². The van der Waals surface area contributed by atoms with Crippen LogP contribution in [0.15, 0.2) is 12.4 Å². The van der Waals surface area contributed by atoms with E-state index in [0.29, 0.717) is 0 Å². The fraction of sp³-hybridized carbons (Fsp3) is 0.429. The summed E-state index contributed by atoms with van der Waals surface area (Å²) in [4.78, 5) is 29.1. The van der Waals surface area contributed by atoms with Crippen molar-refractivity contribution in [2.75, 3.05) is 36.0 Å². The van der Waals surface area contributed by atoms with Crippen molar-refractivity contribution in [2.24, 2.45) is 0 Å². The molecule has 3 heterocycles. The van der Waals surface area contributed by atoms with E-state index < -0.39 is 5.97 Å². The largest absolute Gasteiger partial charge is 0.476 e. The van der Waals surface area contributed by atoms with Crippen LogP contribution in [0.5, 0.6) is 0 Å². The number of aromatic carboxylic acids is 1. The molecule has 0 saturated carbocycles. The first-order valence-electron chi connectivity index (χ1n) is 7.04. The Kier molecular flexibility index (Phi) is 3.93. The van der Waals surface area contributed by atoms with E-state index in [-0.39, 0.29) is 5.69 Å². The summed E-state index contributed by atoms with van der Waals surface area (Å²) in [5.41, 5.74) is 1.06. The summed E-state index contributed by atoms with van der Waals surface area (Å²) in [6.45, 7) is 7.50. The fourth-order valence-electron chi connectivity index (χ4n) is 2.31. The molecule has 1 aliphatic rings. The number of carboxylic acid groups (broad SMARTS) is 1. The lowest BCUT2D eigenvalue weighted by molar-refractivity contribution is 0.0690. The van der Waals surface area contributed by atoms with E-state index >= 15 is 0 Å². The topological polar surface area (TPSA) is 82.5 Å². The molecule has 0 amide bonds. The number of nitrogens with zero attached hydrogens (tertiary/aromatic N) is 5. The molecule has 0 aliphatic carbocycles. The second-order valence-corrected chi connectivity index (χ2v) is 6.36. The second kappa shape index (κ2) is 5.88. The molecular weight excluding hydrogens is 302 g/mol. The van der Waals surface area contributed by atoms with E-state index in [4.69, 9.17) is 5.11 Å². The van der Waals surface area contributed by atoms with E-state index in [1.807, 2.05) is 6.92 Å². The number of carboxylic acids is 1. The minimum Gasteiger partial charge on any atom is -0.476 e. The van der Waals surface area contributed by atoms with Gasteiger partial charge in [0.15, 0.2) is 10.8 Å². The number of piperazine rings is 1. The monoisotopic (exact) mass is 319 g/mol. The average Bonchev–Trinajstić information content (AvgIpc) is 2.87. The number of hydrogen-bond acceptors (Lipinski definition) is 7. The highest BCUT2D eigenvalue weighted by molar-refractivity contribution is 7.15. The quantitative estimate of drug-likeness (QED) is 0.919. The number of thiazole rings is 1. The predicted octanol–water partition coefficient (Wildman–Crippen LogP) is 1.57. The smallest absolute Gasteiger partial charge is 0.356 e. The Balaban J connectivity index is 1.65. The molecule has 1 aliphatic heterocycles. The summed E-state index contributed by atoms with van der Waals surface area (Å²) in [7, 11) is 0. The molecule has 0 radical (unpaired) electrons. The van der Waals surface area contributed by atoms with Gasteiger partial charge in [-0.2, -0.15) is 0 Å². The highest BCUT2D eigenvalue weighted by Crippen LogP contribution is 2.26. The van der Waals surface area contributed by atoms with E-state index in [1.165, 1.54) is 17.3 Å². The zero-order chi connectivity index (χ0) is 15.7. The molecule has 0 atom stereocenters. The first-order chi connectivity index (χ1) is 10.5. The Morgan fingerprint density at radius 1 is 1.14 bits per heavy atom. The Labute approximate surface area is 132 Å². The summed E-state index contributed by atoms with van der Waals surface area (Å²) < 4.78 is 0. The third-order valence-electron chi connectivity index (χ3n) is 3.75. The first-order valence-corrected chi connectivity index (χ1v) is 7.85. The minimum absolute atomic E-state index is 0.0314. The van der Waals surface area contributed by atoms with Gasteiger partial charge in [0, 0.05) is 31.1 Å². The summed E-state index contributed by atoms with van der Waals surface area (Å²) >= 11 is 1.73. The van der Waals surface area contributed by atoms with Crippen LogP contribution in [0.4, 0.5) is 10.9 Å². The lowest BCUT2D eigenvalue weighted by Gasteiger charge is -2.35. The van der Waals surface area contributed by atoms with Crippen molar-refractivity contribution in [1.29, 1.82) is 0 Å². The summed E-state index contributed by atoms with van der Waals surface area (Å²) in [5, 5.41) is 9.91. The van der Waals surface area contributed by atoms with Gasteiger partial charge in [-0.25, -0.2) is 19.7 Å². The minimum atomic E-state index is -1.06. The third-order valence-corrected chi connectivity index (χ3v) is 4.88. The number of hydrogen-bond donors (Lipinski definition) is 1. The normalized spacial score (nSPS) is 15.2. The van der Waals surface area contributed by atoms with Crippen LogP contribution in [0.3, 0.4) is 0 Å². The molecule has 1 saturated heterocycles. The SMILES string of the molecule is Cc1nc(N2CCN(c3cnc(C(=O)O)cn3)CC2)sc1C. The lowest BCUT2D eigenvalue weighted by Crippen LogP contribution is -2.46. The number of anilines is 2. The molecule has 0 spiro atoms. The van der Waals surface area contributed by atoms with Crippen LogP contribution >= 0.6 is 11.3 Å². The van der Waals surface area contributed by atoms with Crippen molar-refractivity contribution in [2.45, 2.75) is 13.8 Å². The molecule has 0 bridgehead atoms. The Morgan fingerprint density at radius 3 is 2.32 bits per heavy atom. The van der Waals surface area contributed by atoms with Crippen LogP contribution in [0.25, 0.3) is 0 Å². The molecule has 2 aromatic rings. The van der Waals surface area contributed by atoms with Crippen molar-refractivity contribution < 1.29 is 9.90 Å². The maximum atomic E-state index is 10.8. The Morgan fingerprint density at radius 2 is 1.82 bits per heavy atom. The number of aryl methyl sites for hydroxylation is 2. The van der Waals surface area contributed by atoms with E-state index in [2.05, 4.69) is 31.7 Å². The summed E-state index contributed by atoms with van der Waals surface area (Å²) in [6.07, 6.45) is 2.83. The highest BCUT2D eigenvalue weighted by Gasteiger charge is 2.21. The van der Waals surface area contributed by atoms with Gasteiger partial charge in [0.05, 0.1) is 18.1 Å². The average molecular weight is 319 g/mol. The van der Waals surface area contributed by atoms with Crippen LogP contribution in [0.1, 0.15) is 21.1 Å². The van der Waals surface area contributed by atoms with Gasteiger partial charge < -0.3 is 14.9 Å². The molecular formula is C14H17N5O2S. The molecule has 1 fully saturated rings. The van der Waals surface area contributed by atoms with E-state index in [0.717, 1.165) is 42.8 Å². The van der Waals surface area contributed by atoms with Crippen molar-refractivity contribution in [3.8, 4) is 0 Å². The zero-order valence-electron chi connectivity index (χ0n) is 12.5. The number of carbonyl (C=O) groups is 1. The lowest BCUT2D eigenvalue weighted by atomic mass is 10.3. The predicted molar refractivity (Wildman–Crippen MR) is 85.0 cm³/mol. The van der Waals surface area contributed by atoms with Crippen LogP contribution in [0.2, 0.25) is 0 Å². The summed E-state index contributed by atoms with van der Waals surface area (Å²) in [5.74, 6) is -0.338. The molecule has 8 heteroatoms. The van der Waals surface area contributed by atoms with Gasteiger partial charge in [-0.05, 0) is 13.8 Å². The molecule has 1 N–H and O–H groups in total. The third kappa shape index (κ3) is 2.87. The molecule has 2 aromatic heterocycles. The standard InChI is InChI=1S/C14H17N5O2S/c1-9-10(2)22-14(17-9)19-5-3-18(4-6-19)12-8-15-11(7-16-12)13(20)21/h7-8H,3-6H2,1-2H3,(H,20,21). The second-order valence-electron chi connectivity index (χ2n) is 5.18. The van der Waals surface area contributed by atoms with Crippen molar-refractivity contribution in [3.63, 3.8) is 0 Å². The maximum absolute atomic E-state index is 10.8. The van der Waals surface area contributed by atoms with Crippen molar-refractivity contribution in [1.82, 2.24) is 15.0 Å². The molecule has 116 valence electrons. The first kappa shape index (κ1) is 14.7.